The maximum atomic E-state index is 2.62. The van der Waals surface area contributed by atoms with E-state index in [0.29, 0.717) is 0 Å². The van der Waals surface area contributed by atoms with Gasteiger partial charge in [0.2, 0.25) is 0 Å². The number of rotatable bonds is 10. The Labute approximate surface area is 132 Å². The second kappa shape index (κ2) is 12.2. The second-order valence-corrected chi connectivity index (χ2v) is 5.58. The molecule has 0 radical (unpaired) electrons. The third-order valence-electron chi connectivity index (χ3n) is 3.76. The zero-order chi connectivity index (χ0) is 13.9. The molecule has 2 heteroatoms. The summed E-state index contributed by atoms with van der Waals surface area (Å²) in [6, 6.07) is 8.79. The lowest BCUT2D eigenvalue weighted by atomic mass is 10.0. The molecule has 1 aromatic rings. The zero-order valence-electron chi connectivity index (χ0n) is 13.5. The molecular weight excluding hydrogens is 266 g/mol. The van der Waals surface area contributed by atoms with Crippen LogP contribution in [0, 0.1) is 6.92 Å². The van der Waals surface area contributed by atoms with E-state index in [0.717, 1.165) is 0 Å². The van der Waals surface area contributed by atoms with Crippen molar-refractivity contribution in [3.8, 4) is 0 Å². The van der Waals surface area contributed by atoms with Gasteiger partial charge in [-0.15, -0.1) is 12.4 Å². The Morgan fingerprint density at radius 2 is 1.50 bits per heavy atom. The van der Waals surface area contributed by atoms with Gasteiger partial charge in [0.25, 0.3) is 0 Å². The molecule has 1 nitrogen and oxygen atoms in total. The number of nitrogens with zero attached hydrogens (tertiary/aromatic N) is 1. The summed E-state index contributed by atoms with van der Waals surface area (Å²) in [6.07, 6.45) is 7.85. The number of benzene rings is 1. The zero-order valence-corrected chi connectivity index (χ0v) is 14.3. The Morgan fingerprint density at radius 1 is 0.850 bits per heavy atom. The number of aryl methyl sites for hydroxylation is 2. The first kappa shape index (κ1) is 19.5. The fourth-order valence-electron chi connectivity index (χ4n) is 2.69. The van der Waals surface area contributed by atoms with Crippen molar-refractivity contribution in [1.29, 1.82) is 0 Å². The molecule has 0 bridgehead atoms. The average Bonchev–Trinajstić information content (AvgIpc) is 2.41. The Kier molecular flexibility index (Phi) is 11.9. The number of hydrogen-bond acceptors (Lipinski definition) is 1. The highest BCUT2D eigenvalue weighted by atomic mass is 35.5. The average molecular weight is 298 g/mol. The topological polar surface area (TPSA) is 3.24 Å². The molecule has 1 aromatic carbocycles. The van der Waals surface area contributed by atoms with Crippen LogP contribution in [0.3, 0.4) is 0 Å². The predicted molar refractivity (Wildman–Crippen MR) is 93.0 cm³/mol. The first-order valence-electron chi connectivity index (χ1n) is 8.04. The van der Waals surface area contributed by atoms with Gasteiger partial charge in [0, 0.05) is 0 Å². The van der Waals surface area contributed by atoms with Crippen molar-refractivity contribution in [1.82, 2.24) is 4.90 Å². The molecule has 0 fully saturated rings. The first-order chi connectivity index (χ1) is 9.27. The van der Waals surface area contributed by atoms with Crippen molar-refractivity contribution < 1.29 is 0 Å². The number of hydrogen-bond donors (Lipinski definition) is 0. The lowest BCUT2D eigenvalue weighted by molar-refractivity contribution is 0.268. The molecule has 0 unspecified atom stereocenters. The molecule has 0 aliphatic rings. The van der Waals surface area contributed by atoms with Crippen LogP contribution in [0.2, 0.25) is 0 Å². The quantitative estimate of drug-likeness (QED) is 0.533. The van der Waals surface area contributed by atoms with Gasteiger partial charge in [0.1, 0.15) is 0 Å². The summed E-state index contributed by atoms with van der Waals surface area (Å²) in [4.78, 5) is 2.62. The fourth-order valence-corrected chi connectivity index (χ4v) is 2.69. The molecule has 0 saturated heterocycles. The number of unbranched alkanes of at least 4 members (excludes halogenated alkanes) is 2. The van der Waals surface area contributed by atoms with E-state index >= 15 is 0 Å². The smallest absolute Gasteiger partial charge is 0.00187 e. The summed E-state index contributed by atoms with van der Waals surface area (Å²) in [7, 11) is 0. The summed E-state index contributed by atoms with van der Waals surface area (Å²) in [5.41, 5.74) is 2.97. The molecule has 0 atom stereocenters. The van der Waals surface area contributed by atoms with E-state index < -0.39 is 0 Å². The maximum Gasteiger partial charge on any atom is -0.00187 e. The summed E-state index contributed by atoms with van der Waals surface area (Å²) < 4.78 is 0. The minimum Gasteiger partial charge on any atom is -0.303 e. The van der Waals surface area contributed by atoms with Gasteiger partial charge in [-0.3, -0.25) is 0 Å². The van der Waals surface area contributed by atoms with Gasteiger partial charge in [-0.05, 0) is 69.8 Å². The summed E-state index contributed by atoms with van der Waals surface area (Å²) >= 11 is 0. The third-order valence-corrected chi connectivity index (χ3v) is 3.76. The van der Waals surface area contributed by atoms with Gasteiger partial charge in [-0.1, -0.05) is 44.5 Å². The molecule has 0 saturated carbocycles. The van der Waals surface area contributed by atoms with Crippen LogP contribution in [0.4, 0.5) is 0 Å². The maximum absolute atomic E-state index is 2.62. The van der Waals surface area contributed by atoms with Crippen molar-refractivity contribution in [2.24, 2.45) is 0 Å². The Balaban J connectivity index is 0.00000361. The Morgan fingerprint density at radius 3 is 2.10 bits per heavy atom. The molecule has 0 amide bonds. The van der Waals surface area contributed by atoms with Gasteiger partial charge in [0.05, 0.1) is 0 Å². The second-order valence-electron chi connectivity index (χ2n) is 5.58. The van der Waals surface area contributed by atoms with E-state index in [2.05, 4.69) is 49.9 Å². The van der Waals surface area contributed by atoms with Crippen molar-refractivity contribution in [3.63, 3.8) is 0 Å². The van der Waals surface area contributed by atoms with Crippen molar-refractivity contribution in [3.05, 3.63) is 35.4 Å². The van der Waals surface area contributed by atoms with E-state index in [1.54, 1.807) is 0 Å². The van der Waals surface area contributed by atoms with Crippen molar-refractivity contribution in [2.45, 2.75) is 59.3 Å². The minimum absolute atomic E-state index is 0. The highest BCUT2D eigenvalue weighted by Crippen LogP contribution is 2.11. The highest BCUT2D eigenvalue weighted by Gasteiger charge is 2.02. The minimum atomic E-state index is 0. The largest absolute Gasteiger partial charge is 0.303 e. The monoisotopic (exact) mass is 297 g/mol. The molecule has 116 valence electrons. The molecule has 0 aliphatic carbocycles. The van der Waals surface area contributed by atoms with Gasteiger partial charge >= 0.3 is 0 Å². The van der Waals surface area contributed by atoms with Crippen LogP contribution >= 0.6 is 12.4 Å². The van der Waals surface area contributed by atoms with Gasteiger partial charge in [-0.2, -0.15) is 0 Å². The van der Waals surface area contributed by atoms with Gasteiger partial charge in [-0.25, -0.2) is 0 Å². The number of halogens is 1. The van der Waals surface area contributed by atoms with Crippen LogP contribution in [0.25, 0.3) is 0 Å². The standard InChI is InChI=1S/C18H31N.ClH/c1-4-14-19(15-5-2)16-10-6-7-12-18-13-9-8-11-17(18)3;/h8-9,11,13H,4-7,10,12,14-16H2,1-3H3;1H. The predicted octanol–water partition coefficient (Wildman–Crippen LogP) is 5.25. The third kappa shape index (κ3) is 7.91. The lowest BCUT2D eigenvalue weighted by Gasteiger charge is -2.20. The SMILES string of the molecule is CCCN(CCC)CCCCCc1ccccc1C.Cl. The van der Waals surface area contributed by atoms with Crippen LogP contribution in [0.5, 0.6) is 0 Å². The van der Waals surface area contributed by atoms with E-state index in [9.17, 15) is 0 Å². The lowest BCUT2D eigenvalue weighted by Crippen LogP contribution is -2.26. The molecule has 0 heterocycles. The fraction of sp³-hybridized carbons (Fsp3) is 0.667. The summed E-state index contributed by atoms with van der Waals surface area (Å²) in [5.74, 6) is 0. The first-order valence-corrected chi connectivity index (χ1v) is 8.04. The summed E-state index contributed by atoms with van der Waals surface area (Å²) in [5, 5.41) is 0. The van der Waals surface area contributed by atoms with E-state index in [1.807, 2.05) is 0 Å². The molecule has 0 N–H and O–H groups in total. The molecule has 0 aromatic heterocycles. The van der Waals surface area contributed by atoms with Crippen LogP contribution < -0.4 is 0 Å². The van der Waals surface area contributed by atoms with Crippen LogP contribution in [0.1, 0.15) is 57.1 Å². The normalized spacial score (nSPS) is 10.6. The molecule has 20 heavy (non-hydrogen) atoms. The Bertz CT molecular complexity index is 332. The molecular formula is C18H32ClN. The van der Waals surface area contributed by atoms with Gasteiger partial charge in [0.15, 0.2) is 0 Å². The van der Waals surface area contributed by atoms with Gasteiger partial charge < -0.3 is 4.90 Å². The Hall–Kier alpha value is -0.530. The van der Waals surface area contributed by atoms with E-state index in [1.165, 1.54) is 69.3 Å². The van der Waals surface area contributed by atoms with Crippen molar-refractivity contribution >= 4 is 12.4 Å². The molecule has 1 rings (SSSR count). The van der Waals surface area contributed by atoms with Crippen molar-refractivity contribution in [2.75, 3.05) is 19.6 Å². The van der Waals surface area contributed by atoms with Crippen LogP contribution in [-0.2, 0) is 6.42 Å². The van der Waals surface area contributed by atoms with Crippen LogP contribution in [-0.4, -0.2) is 24.5 Å². The molecule has 0 spiro atoms. The van der Waals surface area contributed by atoms with Crippen LogP contribution in [0.15, 0.2) is 24.3 Å². The molecule has 0 aliphatic heterocycles. The van der Waals surface area contributed by atoms with E-state index in [-0.39, 0.29) is 12.4 Å². The highest BCUT2D eigenvalue weighted by molar-refractivity contribution is 5.85. The summed E-state index contributed by atoms with van der Waals surface area (Å²) in [6.45, 7) is 10.6. The van der Waals surface area contributed by atoms with E-state index in [4.69, 9.17) is 0 Å².